The van der Waals surface area contributed by atoms with Gasteiger partial charge in [0.1, 0.15) is 23.3 Å². The number of pyridine rings is 3. The molecule has 0 amide bonds. The van der Waals surface area contributed by atoms with Crippen LogP contribution in [-0.2, 0) is 0 Å². The zero-order chi connectivity index (χ0) is 28.0. The normalized spacial score (nSPS) is 19.4. The van der Waals surface area contributed by atoms with Gasteiger partial charge in [-0.25, -0.2) is 14.4 Å². The summed E-state index contributed by atoms with van der Waals surface area (Å²) in [6.07, 6.45) is 5.99. The number of hydrogen-bond acceptors (Lipinski definition) is 7. The molecule has 10 heteroatoms. The number of hydrogen-bond donors (Lipinski definition) is 0. The van der Waals surface area contributed by atoms with Gasteiger partial charge in [0.2, 0.25) is 5.88 Å². The first-order valence-electron chi connectivity index (χ1n) is 13.5. The van der Waals surface area contributed by atoms with E-state index in [2.05, 4.69) is 35.8 Å². The van der Waals surface area contributed by atoms with E-state index in [1.165, 1.54) is 12.1 Å². The van der Waals surface area contributed by atoms with E-state index in [-0.39, 0.29) is 11.5 Å². The number of likely N-dealkylation sites (N-methyl/N-ethyl adjacent to an activating group) is 1. The molecule has 2 saturated heterocycles. The van der Waals surface area contributed by atoms with Crippen LogP contribution in [0.3, 0.4) is 0 Å². The lowest BCUT2D eigenvalue weighted by atomic mass is 10.1. The molecule has 40 heavy (non-hydrogen) atoms. The Balaban J connectivity index is 1.31. The maximum Gasteiger partial charge on any atom is 0.232 e. The molecular formula is C30H32ClFN6O2. The Kier molecular flexibility index (Phi) is 7.10. The monoisotopic (exact) mass is 562 g/mol. The first-order chi connectivity index (χ1) is 19.3. The van der Waals surface area contributed by atoms with Gasteiger partial charge < -0.3 is 24.0 Å². The van der Waals surface area contributed by atoms with E-state index in [1.54, 1.807) is 36.8 Å². The Morgan fingerprint density at radius 3 is 2.67 bits per heavy atom. The highest BCUT2D eigenvalue weighted by Gasteiger charge is 2.33. The Labute approximate surface area is 237 Å². The standard InChI is InChI=1S/C30H32ClFN6O2/c1-19-11-21(18-40-30-24(31)5-4-9-33-30)38(15-19)27-13-26-23(12-25(27)32)28(39)8-10-37(26)20-6-7-29(34-14-20)36-16-22(17-36)35(2)3/h4-10,12-14,19,21-22H,11,15-18H2,1-3H3/t19?,21-/m1/s1. The Morgan fingerprint density at radius 1 is 1.12 bits per heavy atom. The van der Waals surface area contributed by atoms with Gasteiger partial charge >= 0.3 is 0 Å². The smallest absolute Gasteiger partial charge is 0.232 e. The van der Waals surface area contributed by atoms with Crippen LogP contribution in [0.2, 0.25) is 5.02 Å². The molecule has 0 spiro atoms. The minimum absolute atomic E-state index is 0.0765. The summed E-state index contributed by atoms with van der Waals surface area (Å²) in [5.74, 6) is 1.19. The van der Waals surface area contributed by atoms with Crippen LogP contribution >= 0.6 is 11.6 Å². The summed E-state index contributed by atoms with van der Waals surface area (Å²) in [7, 11) is 4.18. The lowest BCUT2D eigenvalue weighted by molar-refractivity contribution is 0.246. The quantitative estimate of drug-likeness (QED) is 0.326. The largest absolute Gasteiger partial charge is 0.474 e. The average Bonchev–Trinajstić information content (AvgIpc) is 3.28. The minimum atomic E-state index is -0.431. The van der Waals surface area contributed by atoms with Gasteiger partial charge in [0.25, 0.3) is 0 Å². The fourth-order valence-electron chi connectivity index (χ4n) is 5.64. The van der Waals surface area contributed by atoms with E-state index >= 15 is 4.39 Å². The summed E-state index contributed by atoms with van der Waals surface area (Å²) >= 11 is 6.23. The predicted molar refractivity (Wildman–Crippen MR) is 157 cm³/mol. The van der Waals surface area contributed by atoms with Crippen molar-refractivity contribution in [3.05, 3.63) is 82.1 Å². The molecule has 0 radical (unpaired) electrons. The van der Waals surface area contributed by atoms with E-state index in [9.17, 15) is 4.79 Å². The third kappa shape index (κ3) is 4.99. The number of halogens is 2. The van der Waals surface area contributed by atoms with Crippen molar-refractivity contribution in [2.45, 2.75) is 25.4 Å². The number of anilines is 2. The van der Waals surface area contributed by atoms with Gasteiger partial charge in [0.15, 0.2) is 5.43 Å². The first-order valence-corrected chi connectivity index (χ1v) is 13.9. The molecule has 4 aromatic rings. The molecule has 2 aliphatic heterocycles. The molecule has 0 saturated carbocycles. The fourth-order valence-corrected chi connectivity index (χ4v) is 5.81. The summed E-state index contributed by atoms with van der Waals surface area (Å²) in [4.78, 5) is 28.2. The minimum Gasteiger partial charge on any atom is -0.474 e. The lowest BCUT2D eigenvalue weighted by Crippen LogP contribution is -2.57. The fraction of sp³-hybridized carbons (Fsp3) is 0.367. The van der Waals surface area contributed by atoms with Crippen molar-refractivity contribution < 1.29 is 9.13 Å². The van der Waals surface area contributed by atoms with Crippen LogP contribution in [0.4, 0.5) is 15.9 Å². The number of fused-ring (bicyclic) bond motifs is 1. The average molecular weight is 563 g/mol. The summed E-state index contributed by atoms with van der Waals surface area (Å²) in [6, 6.07) is 12.5. The SMILES string of the molecule is CC1C[C@H](COc2ncccc2Cl)N(c2cc3c(cc2F)c(=O)ccn3-c2ccc(N3CC(N(C)C)C3)nc2)C1. The Hall–Kier alpha value is -3.69. The molecule has 0 bridgehead atoms. The second kappa shape index (κ2) is 10.7. The van der Waals surface area contributed by atoms with E-state index < -0.39 is 5.82 Å². The number of ether oxygens (including phenoxy) is 1. The van der Waals surface area contributed by atoms with E-state index in [4.69, 9.17) is 21.3 Å². The summed E-state index contributed by atoms with van der Waals surface area (Å²) < 4.78 is 23.4. The molecule has 208 valence electrons. The molecule has 3 aromatic heterocycles. The Bertz CT molecular complexity index is 1590. The van der Waals surface area contributed by atoms with Crippen molar-refractivity contribution in [1.82, 2.24) is 19.4 Å². The molecule has 5 heterocycles. The molecule has 8 nitrogen and oxygen atoms in total. The van der Waals surface area contributed by atoms with Crippen molar-refractivity contribution in [3.63, 3.8) is 0 Å². The van der Waals surface area contributed by atoms with Gasteiger partial charge in [-0.1, -0.05) is 18.5 Å². The van der Waals surface area contributed by atoms with E-state index in [0.29, 0.717) is 52.6 Å². The zero-order valence-electron chi connectivity index (χ0n) is 22.8. The third-order valence-electron chi connectivity index (χ3n) is 7.96. The molecule has 2 fully saturated rings. The van der Waals surface area contributed by atoms with E-state index in [1.807, 2.05) is 21.6 Å². The second-order valence-electron chi connectivity index (χ2n) is 11.0. The Morgan fingerprint density at radius 2 is 1.95 bits per heavy atom. The number of nitrogens with zero attached hydrogens (tertiary/aromatic N) is 6. The van der Waals surface area contributed by atoms with Crippen LogP contribution < -0.4 is 20.0 Å². The van der Waals surface area contributed by atoms with Crippen molar-refractivity contribution in [3.8, 4) is 11.6 Å². The lowest BCUT2D eigenvalue weighted by Gasteiger charge is -2.43. The highest BCUT2D eigenvalue weighted by atomic mass is 35.5. The first kappa shape index (κ1) is 26.5. The van der Waals surface area contributed by atoms with Crippen LogP contribution in [0.15, 0.2) is 65.8 Å². The van der Waals surface area contributed by atoms with E-state index in [0.717, 1.165) is 31.0 Å². The summed E-state index contributed by atoms with van der Waals surface area (Å²) in [5, 5.41) is 0.761. The molecule has 1 aromatic carbocycles. The van der Waals surface area contributed by atoms with Gasteiger partial charge in [-0.15, -0.1) is 0 Å². The highest BCUT2D eigenvalue weighted by molar-refractivity contribution is 6.31. The molecule has 2 aliphatic rings. The zero-order valence-corrected chi connectivity index (χ0v) is 23.6. The maximum atomic E-state index is 15.6. The molecule has 6 rings (SSSR count). The van der Waals surface area contributed by atoms with Crippen LogP contribution in [0.1, 0.15) is 13.3 Å². The van der Waals surface area contributed by atoms with Gasteiger partial charge in [-0.05, 0) is 62.8 Å². The van der Waals surface area contributed by atoms with Gasteiger partial charge in [0.05, 0.1) is 29.1 Å². The summed E-state index contributed by atoms with van der Waals surface area (Å²) in [5.41, 5.74) is 1.64. The molecule has 0 aliphatic carbocycles. The van der Waals surface area contributed by atoms with Crippen LogP contribution in [-0.4, -0.2) is 71.9 Å². The van der Waals surface area contributed by atoms with Crippen LogP contribution in [0.25, 0.3) is 16.6 Å². The van der Waals surface area contributed by atoms with Gasteiger partial charge in [-0.2, -0.15) is 0 Å². The molecule has 1 unspecified atom stereocenters. The van der Waals surface area contributed by atoms with Crippen molar-refractivity contribution >= 4 is 34.0 Å². The molecular weight excluding hydrogens is 531 g/mol. The summed E-state index contributed by atoms with van der Waals surface area (Å²) in [6.45, 7) is 5.01. The number of aromatic nitrogens is 3. The van der Waals surface area contributed by atoms with Gasteiger partial charge in [-0.3, -0.25) is 4.79 Å². The van der Waals surface area contributed by atoms with Gasteiger partial charge in [0, 0.05) is 49.5 Å². The number of benzene rings is 1. The van der Waals surface area contributed by atoms with Crippen LogP contribution in [0.5, 0.6) is 5.88 Å². The van der Waals surface area contributed by atoms with Crippen LogP contribution in [0, 0.1) is 11.7 Å². The predicted octanol–water partition coefficient (Wildman–Crippen LogP) is 4.62. The third-order valence-corrected chi connectivity index (χ3v) is 8.25. The highest BCUT2D eigenvalue weighted by Crippen LogP contribution is 2.34. The molecule has 2 atom stereocenters. The van der Waals surface area contributed by atoms with Crippen molar-refractivity contribution in [1.29, 1.82) is 0 Å². The molecule has 0 N–H and O–H groups in total. The van der Waals surface area contributed by atoms with Crippen molar-refractivity contribution in [2.24, 2.45) is 5.92 Å². The number of rotatable bonds is 7. The maximum absolute atomic E-state index is 15.6. The topological polar surface area (TPSA) is 66.7 Å². The van der Waals surface area contributed by atoms with Crippen molar-refractivity contribution in [2.75, 3.05) is 50.1 Å². The second-order valence-corrected chi connectivity index (χ2v) is 11.4.